The lowest BCUT2D eigenvalue weighted by molar-refractivity contribution is 0.193. The van der Waals surface area contributed by atoms with Gasteiger partial charge in [-0.3, -0.25) is 0 Å². The van der Waals surface area contributed by atoms with E-state index >= 15 is 0 Å². The van der Waals surface area contributed by atoms with Gasteiger partial charge in [0.1, 0.15) is 0 Å². The van der Waals surface area contributed by atoms with Crippen LogP contribution in [-0.2, 0) is 10.0 Å². The fourth-order valence-corrected chi connectivity index (χ4v) is 4.33. The second-order valence-corrected chi connectivity index (χ2v) is 7.65. The molecule has 1 aliphatic carbocycles. The van der Waals surface area contributed by atoms with Gasteiger partial charge in [-0.1, -0.05) is 25.3 Å². The number of nitrogens with one attached hydrogen (secondary N) is 1. The Morgan fingerprint density at radius 1 is 1.30 bits per heavy atom. The summed E-state index contributed by atoms with van der Waals surface area (Å²) < 4.78 is 26.9. The Morgan fingerprint density at radius 3 is 2.65 bits per heavy atom. The van der Waals surface area contributed by atoms with Gasteiger partial charge in [-0.15, -0.1) is 0 Å². The maximum absolute atomic E-state index is 12.8. The lowest BCUT2D eigenvalue weighted by Crippen LogP contribution is -2.41. The number of carbonyl (C=O) groups is 1. The van der Waals surface area contributed by atoms with Crippen LogP contribution in [-0.4, -0.2) is 48.5 Å². The Kier molecular flexibility index (Phi) is 6.35. The Balaban J connectivity index is 2.12. The summed E-state index contributed by atoms with van der Waals surface area (Å²) in [7, 11) is -3.71. The van der Waals surface area contributed by atoms with E-state index in [1.807, 2.05) is 0 Å². The fourth-order valence-electron chi connectivity index (χ4n) is 2.89. The smallest absolute Gasteiger partial charge is 0.404 e. The molecular formula is C15H23N3O4S. The molecule has 0 radical (unpaired) electrons. The molecule has 23 heavy (non-hydrogen) atoms. The molecular weight excluding hydrogens is 318 g/mol. The van der Waals surface area contributed by atoms with Crippen LogP contribution in [0.25, 0.3) is 0 Å². The van der Waals surface area contributed by atoms with Gasteiger partial charge in [-0.2, -0.15) is 4.31 Å². The molecule has 0 unspecified atom stereocenters. The zero-order valence-corrected chi connectivity index (χ0v) is 13.8. The number of rotatable bonds is 7. The zero-order valence-electron chi connectivity index (χ0n) is 13.0. The van der Waals surface area contributed by atoms with Gasteiger partial charge in [0, 0.05) is 25.8 Å². The first-order valence-corrected chi connectivity index (χ1v) is 9.32. The first-order chi connectivity index (χ1) is 11.0. The van der Waals surface area contributed by atoms with Crippen LogP contribution in [0.3, 0.4) is 0 Å². The highest BCUT2D eigenvalue weighted by atomic mass is 32.2. The van der Waals surface area contributed by atoms with Gasteiger partial charge >= 0.3 is 6.09 Å². The summed E-state index contributed by atoms with van der Waals surface area (Å²) >= 11 is 0. The largest absolute Gasteiger partial charge is 0.465 e. The van der Waals surface area contributed by atoms with Crippen molar-refractivity contribution in [3.8, 4) is 0 Å². The number of hydrogen-bond acceptors (Lipinski definition) is 4. The quantitative estimate of drug-likeness (QED) is 0.789. The molecule has 1 fully saturated rings. The van der Waals surface area contributed by atoms with Gasteiger partial charge in [-0.25, -0.2) is 18.2 Å². The molecule has 1 aromatic heterocycles. The summed E-state index contributed by atoms with van der Waals surface area (Å²) in [5, 5.41) is 10.9. The lowest BCUT2D eigenvalue weighted by atomic mass is 9.89. The number of carboxylic acid groups (broad SMARTS) is 1. The third kappa shape index (κ3) is 5.18. The molecule has 0 aromatic carbocycles. The zero-order chi connectivity index (χ0) is 16.7. The second-order valence-electron chi connectivity index (χ2n) is 5.77. The Bertz CT molecular complexity index is 600. The second kappa shape index (κ2) is 8.26. The van der Waals surface area contributed by atoms with E-state index in [9.17, 15) is 13.2 Å². The van der Waals surface area contributed by atoms with E-state index in [0.29, 0.717) is 12.5 Å². The van der Waals surface area contributed by atoms with Crippen LogP contribution < -0.4 is 5.32 Å². The van der Waals surface area contributed by atoms with Gasteiger partial charge in [-0.05, 0) is 30.9 Å². The number of nitrogens with zero attached hydrogens (tertiary/aromatic N) is 2. The highest BCUT2D eigenvalue weighted by Crippen LogP contribution is 2.26. The van der Waals surface area contributed by atoms with Crippen LogP contribution in [0.2, 0.25) is 0 Å². The van der Waals surface area contributed by atoms with E-state index in [2.05, 4.69) is 10.3 Å². The predicted octanol–water partition coefficient (Wildman–Crippen LogP) is 1.92. The average Bonchev–Trinajstić information content (AvgIpc) is 2.55. The molecule has 1 heterocycles. The van der Waals surface area contributed by atoms with Crippen molar-refractivity contribution in [1.29, 1.82) is 0 Å². The molecule has 1 amide bonds. The summed E-state index contributed by atoms with van der Waals surface area (Å²) in [5.41, 5.74) is 0. The van der Waals surface area contributed by atoms with Crippen molar-refractivity contribution in [2.24, 2.45) is 5.92 Å². The summed E-state index contributed by atoms with van der Waals surface area (Å²) in [4.78, 5) is 14.5. The third-order valence-electron chi connectivity index (χ3n) is 4.07. The van der Waals surface area contributed by atoms with Crippen molar-refractivity contribution in [3.63, 3.8) is 0 Å². The van der Waals surface area contributed by atoms with E-state index in [4.69, 9.17) is 5.11 Å². The van der Waals surface area contributed by atoms with E-state index in [1.54, 1.807) is 12.1 Å². The van der Waals surface area contributed by atoms with Crippen molar-refractivity contribution in [1.82, 2.24) is 14.6 Å². The highest BCUT2D eigenvalue weighted by Gasteiger charge is 2.28. The number of hydrogen-bond donors (Lipinski definition) is 2. The molecule has 2 rings (SSSR count). The first kappa shape index (κ1) is 17.7. The fraction of sp³-hybridized carbons (Fsp3) is 0.600. The monoisotopic (exact) mass is 341 g/mol. The van der Waals surface area contributed by atoms with Crippen LogP contribution in [0.15, 0.2) is 29.4 Å². The summed E-state index contributed by atoms with van der Waals surface area (Å²) in [5.74, 6) is 0.326. The maximum atomic E-state index is 12.8. The molecule has 0 saturated heterocycles. The molecule has 1 saturated carbocycles. The third-order valence-corrected chi connectivity index (χ3v) is 5.85. The Hall–Kier alpha value is -1.67. The molecule has 1 aliphatic rings. The lowest BCUT2D eigenvalue weighted by Gasteiger charge is -2.28. The SMILES string of the molecule is O=C(O)NCCN(CC1CCCCC1)S(=O)(=O)c1ccccn1. The van der Waals surface area contributed by atoms with E-state index in [0.717, 1.165) is 25.7 Å². The number of aromatic nitrogens is 1. The van der Waals surface area contributed by atoms with Gasteiger partial charge < -0.3 is 10.4 Å². The molecule has 0 aliphatic heterocycles. The molecule has 128 valence electrons. The molecule has 0 bridgehead atoms. The average molecular weight is 341 g/mol. The van der Waals surface area contributed by atoms with Crippen molar-refractivity contribution in [2.45, 2.75) is 37.1 Å². The van der Waals surface area contributed by atoms with Gasteiger partial charge in [0.15, 0.2) is 5.03 Å². The molecule has 7 nitrogen and oxygen atoms in total. The van der Waals surface area contributed by atoms with Crippen LogP contribution >= 0.6 is 0 Å². The Morgan fingerprint density at radius 2 is 2.04 bits per heavy atom. The minimum atomic E-state index is -3.71. The summed E-state index contributed by atoms with van der Waals surface area (Å²) in [6, 6.07) is 4.76. The van der Waals surface area contributed by atoms with Gasteiger partial charge in [0.25, 0.3) is 10.0 Å². The standard InChI is InChI=1S/C15H23N3O4S/c19-15(20)17-10-11-18(12-13-6-2-1-3-7-13)23(21,22)14-8-4-5-9-16-14/h4-5,8-9,13,17H,1-3,6-7,10-12H2,(H,19,20). The van der Waals surface area contributed by atoms with E-state index < -0.39 is 16.1 Å². The molecule has 1 aromatic rings. The van der Waals surface area contributed by atoms with E-state index in [1.165, 1.54) is 23.0 Å². The van der Waals surface area contributed by atoms with Crippen LogP contribution in [0.1, 0.15) is 32.1 Å². The maximum Gasteiger partial charge on any atom is 0.404 e. The molecule has 0 atom stereocenters. The van der Waals surface area contributed by atoms with Crippen molar-refractivity contribution < 1.29 is 18.3 Å². The van der Waals surface area contributed by atoms with E-state index in [-0.39, 0.29) is 18.1 Å². The molecule has 2 N–H and O–H groups in total. The molecule has 0 spiro atoms. The number of amides is 1. The topological polar surface area (TPSA) is 99.6 Å². The minimum absolute atomic E-state index is 0.00568. The molecule has 8 heteroatoms. The number of sulfonamides is 1. The predicted molar refractivity (Wildman–Crippen MR) is 85.6 cm³/mol. The summed E-state index contributed by atoms with van der Waals surface area (Å²) in [6.45, 7) is 0.593. The summed E-state index contributed by atoms with van der Waals surface area (Å²) in [6.07, 6.45) is 5.76. The van der Waals surface area contributed by atoms with Crippen LogP contribution in [0.4, 0.5) is 4.79 Å². The first-order valence-electron chi connectivity index (χ1n) is 7.88. The van der Waals surface area contributed by atoms with Crippen molar-refractivity contribution >= 4 is 16.1 Å². The van der Waals surface area contributed by atoms with Crippen LogP contribution in [0, 0.1) is 5.92 Å². The normalized spacial score (nSPS) is 16.4. The van der Waals surface area contributed by atoms with Gasteiger partial charge in [0.05, 0.1) is 0 Å². The Labute approximate surface area is 136 Å². The van der Waals surface area contributed by atoms with Crippen LogP contribution in [0.5, 0.6) is 0 Å². The van der Waals surface area contributed by atoms with Crippen molar-refractivity contribution in [2.75, 3.05) is 19.6 Å². The highest BCUT2D eigenvalue weighted by molar-refractivity contribution is 7.89. The minimum Gasteiger partial charge on any atom is -0.465 e. The number of pyridine rings is 1. The van der Waals surface area contributed by atoms with Crippen molar-refractivity contribution in [3.05, 3.63) is 24.4 Å². The van der Waals surface area contributed by atoms with Gasteiger partial charge in [0.2, 0.25) is 0 Å².